The molecule has 33 heavy (non-hydrogen) atoms. The second kappa shape index (κ2) is 9.04. The predicted octanol–water partition coefficient (Wildman–Crippen LogP) is 5.03. The van der Waals surface area contributed by atoms with Gasteiger partial charge in [-0.25, -0.2) is 14.8 Å². The molecule has 12 heteroatoms. The highest BCUT2D eigenvalue weighted by atomic mass is 19.4. The molecule has 0 unspecified atom stereocenters. The number of amides is 2. The van der Waals surface area contributed by atoms with Crippen molar-refractivity contribution in [3.05, 3.63) is 41.7 Å². The van der Waals surface area contributed by atoms with Crippen LogP contribution in [-0.2, 0) is 5.41 Å². The maximum atomic E-state index is 13.1. The monoisotopic (exact) mass is 464 g/mol. The van der Waals surface area contributed by atoms with Gasteiger partial charge in [-0.2, -0.15) is 13.2 Å². The van der Waals surface area contributed by atoms with Crippen molar-refractivity contribution in [2.75, 3.05) is 17.2 Å². The van der Waals surface area contributed by atoms with Crippen molar-refractivity contribution >= 4 is 17.7 Å². The SMILES string of the molecule is CCOc1cc(-c2cnc(NC(=O)Nc3cc(C(C)(C)C(F)(F)F)on3)c(C)n2)cnc1C. The number of anilines is 2. The quantitative estimate of drug-likeness (QED) is 0.526. The van der Waals surface area contributed by atoms with Crippen LogP contribution in [0.15, 0.2) is 29.0 Å². The Bertz CT molecular complexity index is 1160. The van der Waals surface area contributed by atoms with E-state index in [9.17, 15) is 18.0 Å². The van der Waals surface area contributed by atoms with Crippen LogP contribution >= 0.6 is 0 Å². The number of alkyl halides is 3. The van der Waals surface area contributed by atoms with Crippen molar-refractivity contribution in [1.29, 1.82) is 0 Å². The summed E-state index contributed by atoms with van der Waals surface area (Å²) >= 11 is 0. The standard InChI is InChI=1S/C21H23F3N6O3/c1-6-32-15-7-13(9-25-11(15)2)14-10-26-18(12(3)27-14)29-19(31)28-17-8-16(33-30-17)20(4,5)21(22,23)24/h7-10H,6H2,1-5H3,(H2,26,28,29,30,31). The number of halogens is 3. The Hall–Kier alpha value is -3.70. The summed E-state index contributed by atoms with van der Waals surface area (Å²) in [5.41, 5.74) is 0.122. The van der Waals surface area contributed by atoms with Gasteiger partial charge in [-0.05, 0) is 40.7 Å². The average Bonchev–Trinajstić information content (AvgIpc) is 3.19. The predicted molar refractivity (Wildman–Crippen MR) is 114 cm³/mol. The van der Waals surface area contributed by atoms with E-state index in [4.69, 9.17) is 9.26 Å². The molecule has 0 saturated carbocycles. The van der Waals surface area contributed by atoms with Crippen LogP contribution in [0.4, 0.5) is 29.6 Å². The van der Waals surface area contributed by atoms with Crippen molar-refractivity contribution in [2.24, 2.45) is 0 Å². The molecule has 3 rings (SSSR count). The van der Waals surface area contributed by atoms with E-state index in [0.29, 0.717) is 29.3 Å². The molecule has 176 valence electrons. The van der Waals surface area contributed by atoms with Gasteiger partial charge in [0.1, 0.15) is 11.2 Å². The Morgan fingerprint density at radius 3 is 2.45 bits per heavy atom. The second-order valence-electron chi connectivity index (χ2n) is 7.71. The molecular formula is C21H23F3N6O3. The number of aromatic nitrogens is 4. The molecule has 0 aliphatic heterocycles. The average molecular weight is 464 g/mol. The lowest BCUT2D eigenvalue weighted by Gasteiger charge is -2.24. The molecule has 0 aromatic carbocycles. The van der Waals surface area contributed by atoms with Crippen LogP contribution in [0.3, 0.4) is 0 Å². The van der Waals surface area contributed by atoms with Gasteiger partial charge in [0, 0.05) is 17.8 Å². The van der Waals surface area contributed by atoms with Crippen LogP contribution in [0.25, 0.3) is 11.3 Å². The summed E-state index contributed by atoms with van der Waals surface area (Å²) in [6, 6.07) is 2.06. The zero-order chi connectivity index (χ0) is 24.4. The van der Waals surface area contributed by atoms with Crippen molar-refractivity contribution in [3.8, 4) is 17.0 Å². The topological polar surface area (TPSA) is 115 Å². The normalized spacial score (nSPS) is 11.9. The molecule has 2 N–H and O–H groups in total. The van der Waals surface area contributed by atoms with Crippen molar-refractivity contribution in [1.82, 2.24) is 20.1 Å². The number of urea groups is 1. The zero-order valence-electron chi connectivity index (χ0n) is 18.7. The Kier molecular flexibility index (Phi) is 6.56. The highest BCUT2D eigenvalue weighted by Gasteiger charge is 2.51. The Balaban J connectivity index is 1.71. The number of aryl methyl sites for hydroxylation is 2. The minimum atomic E-state index is -4.54. The van der Waals surface area contributed by atoms with E-state index in [1.807, 2.05) is 13.8 Å². The molecule has 0 saturated heterocycles. The number of hydrogen-bond donors (Lipinski definition) is 2. The third kappa shape index (κ3) is 5.21. The van der Waals surface area contributed by atoms with Gasteiger partial charge in [0.2, 0.25) is 0 Å². The smallest absolute Gasteiger partial charge is 0.401 e. The van der Waals surface area contributed by atoms with E-state index >= 15 is 0 Å². The fourth-order valence-electron chi connectivity index (χ4n) is 2.72. The molecule has 3 heterocycles. The van der Waals surface area contributed by atoms with Crippen molar-refractivity contribution in [2.45, 2.75) is 46.2 Å². The number of nitrogens with one attached hydrogen (secondary N) is 2. The summed E-state index contributed by atoms with van der Waals surface area (Å²) in [5.74, 6) is 0.206. The molecule has 2 amide bonds. The van der Waals surface area contributed by atoms with Gasteiger partial charge in [-0.3, -0.25) is 15.6 Å². The Morgan fingerprint density at radius 2 is 1.82 bits per heavy atom. The third-order valence-electron chi connectivity index (χ3n) is 4.89. The summed E-state index contributed by atoms with van der Waals surface area (Å²) in [5, 5.41) is 8.29. The summed E-state index contributed by atoms with van der Waals surface area (Å²) in [7, 11) is 0. The van der Waals surface area contributed by atoms with Gasteiger partial charge in [0.05, 0.1) is 29.9 Å². The summed E-state index contributed by atoms with van der Waals surface area (Å²) in [4.78, 5) is 25.2. The number of carbonyl (C=O) groups is 1. The first kappa shape index (κ1) is 24.0. The largest absolute Gasteiger partial charge is 0.492 e. The molecule has 3 aromatic rings. The Labute approximate surface area is 187 Å². The lowest BCUT2D eigenvalue weighted by atomic mass is 9.89. The molecule has 0 atom stereocenters. The van der Waals surface area contributed by atoms with Crippen LogP contribution < -0.4 is 15.4 Å². The summed E-state index contributed by atoms with van der Waals surface area (Å²) in [6.45, 7) is 7.77. The lowest BCUT2D eigenvalue weighted by molar-refractivity contribution is -0.185. The first-order valence-corrected chi connectivity index (χ1v) is 9.97. The molecule has 0 fully saturated rings. The van der Waals surface area contributed by atoms with E-state index in [1.54, 1.807) is 19.2 Å². The van der Waals surface area contributed by atoms with Crippen LogP contribution in [0, 0.1) is 13.8 Å². The maximum Gasteiger partial charge on any atom is 0.401 e. The third-order valence-corrected chi connectivity index (χ3v) is 4.89. The van der Waals surface area contributed by atoms with Gasteiger partial charge >= 0.3 is 12.2 Å². The molecular weight excluding hydrogens is 441 g/mol. The first-order valence-electron chi connectivity index (χ1n) is 9.97. The van der Waals surface area contributed by atoms with Crippen LogP contribution in [0.5, 0.6) is 5.75 Å². The molecule has 3 aromatic heterocycles. The van der Waals surface area contributed by atoms with Crippen molar-refractivity contribution in [3.63, 3.8) is 0 Å². The Morgan fingerprint density at radius 1 is 1.09 bits per heavy atom. The number of carbonyl (C=O) groups excluding carboxylic acids is 1. The van der Waals surface area contributed by atoms with Crippen LogP contribution in [0.2, 0.25) is 0 Å². The minimum Gasteiger partial charge on any atom is -0.492 e. The molecule has 0 aliphatic carbocycles. The van der Waals surface area contributed by atoms with E-state index in [1.165, 1.54) is 6.20 Å². The van der Waals surface area contributed by atoms with E-state index < -0.39 is 23.4 Å². The zero-order valence-corrected chi connectivity index (χ0v) is 18.7. The van der Waals surface area contributed by atoms with E-state index in [2.05, 4.69) is 30.7 Å². The van der Waals surface area contributed by atoms with Gasteiger partial charge in [0.15, 0.2) is 17.4 Å². The van der Waals surface area contributed by atoms with E-state index in [-0.39, 0.29) is 11.6 Å². The van der Waals surface area contributed by atoms with E-state index in [0.717, 1.165) is 25.6 Å². The number of pyridine rings is 1. The highest BCUT2D eigenvalue weighted by molar-refractivity contribution is 5.98. The fourth-order valence-corrected chi connectivity index (χ4v) is 2.72. The first-order chi connectivity index (χ1) is 15.4. The summed E-state index contributed by atoms with van der Waals surface area (Å²) < 4.78 is 49.8. The fraction of sp³-hybridized carbons (Fsp3) is 0.381. The van der Waals surface area contributed by atoms with Crippen LogP contribution in [0.1, 0.15) is 37.9 Å². The van der Waals surface area contributed by atoms with Gasteiger partial charge in [0.25, 0.3) is 0 Å². The number of ether oxygens (including phenoxy) is 1. The van der Waals surface area contributed by atoms with Gasteiger partial charge in [-0.15, -0.1) is 0 Å². The highest BCUT2D eigenvalue weighted by Crippen LogP contribution is 2.41. The number of rotatable bonds is 6. The number of nitrogens with zero attached hydrogens (tertiary/aromatic N) is 4. The lowest BCUT2D eigenvalue weighted by Crippen LogP contribution is -2.35. The second-order valence-corrected chi connectivity index (χ2v) is 7.71. The molecule has 0 bridgehead atoms. The molecule has 0 radical (unpaired) electrons. The molecule has 0 spiro atoms. The maximum absolute atomic E-state index is 13.1. The van der Waals surface area contributed by atoms with Gasteiger partial charge < -0.3 is 9.26 Å². The van der Waals surface area contributed by atoms with Gasteiger partial charge in [-0.1, -0.05) is 5.16 Å². The van der Waals surface area contributed by atoms with Crippen molar-refractivity contribution < 1.29 is 27.2 Å². The molecule has 9 nitrogen and oxygen atoms in total. The van der Waals surface area contributed by atoms with Crippen LogP contribution in [-0.4, -0.2) is 38.9 Å². The summed E-state index contributed by atoms with van der Waals surface area (Å²) in [6.07, 6.45) is -1.44. The molecule has 0 aliphatic rings. The number of hydrogen-bond acceptors (Lipinski definition) is 7. The minimum absolute atomic E-state index is 0.167.